The summed E-state index contributed by atoms with van der Waals surface area (Å²) in [6, 6.07) is 66.0. The predicted octanol–water partition coefficient (Wildman–Crippen LogP) is 12.7. The number of hydrogen-bond donors (Lipinski definition) is 0. The van der Waals surface area contributed by atoms with Crippen molar-refractivity contribution in [2.75, 3.05) is 4.90 Å². The van der Waals surface area contributed by atoms with Crippen molar-refractivity contribution < 1.29 is 0 Å². The van der Waals surface area contributed by atoms with Crippen molar-refractivity contribution in [1.82, 2.24) is 4.57 Å². The van der Waals surface area contributed by atoms with Crippen LogP contribution in [0, 0.1) is 0 Å². The minimum absolute atomic E-state index is 1.11. The Balaban J connectivity index is 1.15. The van der Waals surface area contributed by atoms with Gasteiger partial charge in [-0.25, -0.2) is 0 Å². The van der Waals surface area contributed by atoms with E-state index in [-0.39, 0.29) is 0 Å². The SMILES string of the molecule is c1ccc(-c2ccc(N(c3ccccc3)c3ccc(-n4c5cccc6c5c5c7c(cccc7ccc54)-c4ccccc4-6)cc3)cc2)cc1. The minimum atomic E-state index is 1.11. The quantitative estimate of drug-likeness (QED) is 0.188. The van der Waals surface area contributed by atoms with E-state index in [1.54, 1.807) is 0 Å². The molecule has 8 aromatic carbocycles. The molecule has 0 saturated heterocycles. The van der Waals surface area contributed by atoms with Crippen molar-refractivity contribution in [2.45, 2.75) is 0 Å². The van der Waals surface area contributed by atoms with Gasteiger partial charge in [-0.15, -0.1) is 0 Å². The van der Waals surface area contributed by atoms with Crippen molar-refractivity contribution in [3.05, 3.63) is 182 Å². The van der Waals surface area contributed by atoms with Gasteiger partial charge in [0.25, 0.3) is 0 Å². The zero-order chi connectivity index (χ0) is 31.6. The second-order valence-corrected chi connectivity index (χ2v) is 12.5. The Labute approximate surface area is 279 Å². The molecule has 224 valence electrons. The lowest BCUT2D eigenvalue weighted by Crippen LogP contribution is -2.10. The molecule has 0 aliphatic heterocycles. The Morgan fingerprint density at radius 3 is 1.54 bits per heavy atom. The number of para-hydroxylation sites is 1. The van der Waals surface area contributed by atoms with E-state index >= 15 is 0 Å². The molecule has 1 heterocycles. The molecule has 0 radical (unpaired) electrons. The zero-order valence-electron chi connectivity index (χ0n) is 26.2. The fourth-order valence-corrected chi connectivity index (χ4v) is 7.82. The van der Waals surface area contributed by atoms with Gasteiger partial charge in [0.1, 0.15) is 0 Å². The van der Waals surface area contributed by atoms with Crippen LogP contribution < -0.4 is 4.90 Å². The normalized spacial score (nSPS) is 11.8. The van der Waals surface area contributed by atoms with Gasteiger partial charge in [0, 0.05) is 33.5 Å². The van der Waals surface area contributed by atoms with Gasteiger partial charge in [0.15, 0.2) is 0 Å². The van der Waals surface area contributed by atoms with E-state index in [0.717, 1.165) is 22.7 Å². The monoisotopic (exact) mass is 610 g/mol. The van der Waals surface area contributed by atoms with Crippen LogP contribution in [-0.4, -0.2) is 4.57 Å². The maximum absolute atomic E-state index is 2.45. The fraction of sp³-hybridized carbons (Fsp3) is 0. The summed E-state index contributed by atoms with van der Waals surface area (Å²) in [6.07, 6.45) is 0. The van der Waals surface area contributed by atoms with E-state index in [4.69, 9.17) is 0 Å². The number of anilines is 3. The van der Waals surface area contributed by atoms with Gasteiger partial charge >= 0.3 is 0 Å². The molecule has 0 spiro atoms. The van der Waals surface area contributed by atoms with Gasteiger partial charge in [-0.2, -0.15) is 0 Å². The Morgan fingerprint density at radius 2 is 0.833 bits per heavy atom. The van der Waals surface area contributed by atoms with Gasteiger partial charge < -0.3 is 9.47 Å². The zero-order valence-corrected chi connectivity index (χ0v) is 26.2. The lowest BCUT2D eigenvalue weighted by atomic mass is 9.93. The number of hydrogen-bond acceptors (Lipinski definition) is 1. The van der Waals surface area contributed by atoms with E-state index in [1.165, 1.54) is 66.0 Å². The smallest absolute Gasteiger partial charge is 0.0547 e. The molecule has 0 fully saturated rings. The van der Waals surface area contributed by atoms with Crippen LogP contribution in [0.2, 0.25) is 0 Å². The summed E-state index contributed by atoms with van der Waals surface area (Å²) in [4.78, 5) is 2.33. The molecular formula is C46H30N2. The lowest BCUT2D eigenvalue weighted by molar-refractivity contribution is 1.17. The highest BCUT2D eigenvalue weighted by molar-refractivity contribution is 6.30. The van der Waals surface area contributed by atoms with Crippen molar-refractivity contribution in [2.24, 2.45) is 0 Å². The van der Waals surface area contributed by atoms with Crippen LogP contribution in [0.4, 0.5) is 17.1 Å². The highest BCUT2D eigenvalue weighted by atomic mass is 15.1. The highest BCUT2D eigenvalue weighted by Gasteiger charge is 2.24. The second kappa shape index (κ2) is 10.6. The molecule has 9 aromatic rings. The van der Waals surface area contributed by atoms with Crippen LogP contribution in [0.1, 0.15) is 0 Å². The molecule has 1 aliphatic carbocycles. The summed E-state index contributed by atoms with van der Waals surface area (Å²) in [7, 11) is 0. The van der Waals surface area contributed by atoms with Gasteiger partial charge in [0.05, 0.1) is 11.0 Å². The van der Waals surface area contributed by atoms with Crippen LogP contribution in [-0.2, 0) is 0 Å². The second-order valence-electron chi connectivity index (χ2n) is 12.5. The molecule has 0 amide bonds. The van der Waals surface area contributed by atoms with Crippen molar-refractivity contribution >= 4 is 49.6 Å². The number of rotatable bonds is 5. The van der Waals surface area contributed by atoms with Crippen LogP contribution in [0.5, 0.6) is 0 Å². The van der Waals surface area contributed by atoms with E-state index in [0.29, 0.717) is 0 Å². The molecular weight excluding hydrogens is 581 g/mol. The molecule has 1 aliphatic rings. The standard InChI is InChI=1S/C46H30N2/c1-3-11-31(12-4-1)32-21-24-35(25-22-32)47(34-14-5-2-6-15-34)36-26-28-37(29-27-36)48-42-20-10-19-41-39-17-8-7-16-38(39)40-18-9-13-33-23-30-43(48)46(44(33)40)45(41)42/h1-30H. The van der Waals surface area contributed by atoms with Gasteiger partial charge in [0.2, 0.25) is 0 Å². The molecule has 0 bridgehead atoms. The summed E-state index contributed by atoms with van der Waals surface area (Å²) in [6.45, 7) is 0. The van der Waals surface area contributed by atoms with Crippen LogP contribution in [0.25, 0.3) is 71.6 Å². The summed E-state index contributed by atoms with van der Waals surface area (Å²) in [5.74, 6) is 0. The Hall–Kier alpha value is -6.38. The average molecular weight is 611 g/mol. The molecule has 0 unspecified atom stereocenters. The van der Waals surface area contributed by atoms with Crippen molar-refractivity contribution in [3.63, 3.8) is 0 Å². The Kier molecular flexibility index (Phi) is 5.91. The summed E-state index contributed by atoms with van der Waals surface area (Å²) < 4.78 is 2.45. The molecule has 0 saturated carbocycles. The van der Waals surface area contributed by atoms with Crippen LogP contribution in [0.15, 0.2) is 182 Å². The first-order valence-corrected chi connectivity index (χ1v) is 16.5. The molecule has 2 heteroatoms. The summed E-state index contributed by atoms with van der Waals surface area (Å²) in [5.41, 5.74) is 14.6. The van der Waals surface area contributed by atoms with Crippen LogP contribution in [0.3, 0.4) is 0 Å². The number of fused-ring (bicyclic) bond motifs is 3. The molecule has 1 aromatic heterocycles. The first kappa shape index (κ1) is 26.8. The number of nitrogens with zero attached hydrogens (tertiary/aromatic N) is 2. The minimum Gasteiger partial charge on any atom is -0.311 e. The van der Waals surface area contributed by atoms with E-state index in [9.17, 15) is 0 Å². The number of aromatic nitrogens is 1. The lowest BCUT2D eigenvalue weighted by Gasteiger charge is -2.26. The first-order chi connectivity index (χ1) is 23.8. The fourth-order valence-electron chi connectivity index (χ4n) is 7.82. The van der Waals surface area contributed by atoms with Crippen molar-refractivity contribution in [3.8, 4) is 39.1 Å². The largest absolute Gasteiger partial charge is 0.311 e. The average Bonchev–Trinajstić information content (AvgIpc) is 3.44. The van der Waals surface area contributed by atoms with Gasteiger partial charge in [-0.05, 0) is 105 Å². The third-order valence-electron chi connectivity index (χ3n) is 9.92. The van der Waals surface area contributed by atoms with Crippen LogP contribution >= 0.6 is 0 Å². The Morgan fingerprint density at radius 1 is 0.312 bits per heavy atom. The van der Waals surface area contributed by atoms with E-state index in [2.05, 4.69) is 191 Å². The van der Waals surface area contributed by atoms with E-state index < -0.39 is 0 Å². The van der Waals surface area contributed by atoms with Gasteiger partial charge in [-0.3, -0.25) is 0 Å². The van der Waals surface area contributed by atoms with Gasteiger partial charge in [-0.1, -0.05) is 121 Å². The molecule has 48 heavy (non-hydrogen) atoms. The Bertz CT molecular complexity index is 2630. The molecule has 2 nitrogen and oxygen atoms in total. The van der Waals surface area contributed by atoms with E-state index in [1.807, 2.05) is 0 Å². The maximum atomic E-state index is 2.45. The maximum Gasteiger partial charge on any atom is 0.0547 e. The molecule has 0 N–H and O–H groups in total. The van der Waals surface area contributed by atoms with Crippen molar-refractivity contribution in [1.29, 1.82) is 0 Å². The molecule has 10 rings (SSSR count). The third kappa shape index (κ3) is 4.00. The first-order valence-electron chi connectivity index (χ1n) is 16.5. The summed E-state index contributed by atoms with van der Waals surface area (Å²) in [5, 5.41) is 5.27. The topological polar surface area (TPSA) is 8.17 Å². The highest BCUT2D eigenvalue weighted by Crippen LogP contribution is 2.49. The number of benzene rings is 8. The summed E-state index contributed by atoms with van der Waals surface area (Å²) >= 11 is 0. The third-order valence-corrected chi connectivity index (χ3v) is 9.92. The molecule has 0 atom stereocenters. The predicted molar refractivity (Wildman–Crippen MR) is 203 cm³/mol.